The summed E-state index contributed by atoms with van der Waals surface area (Å²) >= 11 is 1.75. The molecule has 0 saturated carbocycles. The molecule has 0 aliphatic carbocycles. The zero-order chi connectivity index (χ0) is 14.8. The topological polar surface area (TPSA) is 79.7 Å². The van der Waals surface area contributed by atoms with E-state index >= 15 is 0 Å². The normalized spacial score (nSPS) is 17.5. The van der Waals surface area contributed by atoms with Gasteiger partial charge in [0.15, 0.2) is 5.82 Å². The van der Waals surface area contributed by atoms with Gasteiger partial charge in [0.1, 0.15) is 5.04 Å². The maximum absolute atomic E-state index is 4.79. The lowest BCUT2D eigenvalue weighted by molar-refractivity contribution is 0.849. The Morgan fingerprint density at radius 1 is 1.09 bits per heavy atom. The van der Waals surface area contributed by atoms with Crippen molar-refractivity contribution in [1.82, 2.24) is 25.6 Å². The fourth-order valence-electron chi connectivity index (χ4n) is 2.32. The van der Waals surface area contributed by atoms with Gasteiger partial charge in [-0.1, -0.05) is 30.3 Å². The number of aromatic nitrogens is 5. The predicted molar refractivity (Wildman–Crippen MR) is 85.6 cm³/mol. The molecule has 4 rings (SSSR count). The van der Waals surface area contributed by atoms with Gasteiger partial charge >= 0.3 is 0 Å². The lowest BCUT2D eigenvalue weighted by Gasteiger charge is -2.06. The minimum Gasteiger partial charge on any atom is -0.267 e. The maximum atomic E-state index is 4.79. The molecule has 6 nitrogen and oxygen atoms in total. The van der Waals surface area contributed by atoms with Crippen molar-refractivity contribution in [3.8, 4) is 11.4 Å². The fourth-order valence-corrected chi connectivity index (χ4v) is 3.37. The average molecular weight is 308 g/mol. The molecule has 7 heteroatoms. The molecule has 1 unspecified atom stereocenters. The van der Waals surface area contributed by atoms with Crippen LogP contribution in [0.25, 0.3) is 11.4 Å². The van der Waals surface area contributed by atoms with Gasteiger partial charge in [0.2, 0.25) is 0 Å². The molecule has 22 heavy (non-hydrogen) atoms. The molecule has 0 saturated heterocycles. The van der Waals surface area contributed by atoms with Crippen LogP contribution in [0.5, 0.6) is 0 Å². The number of aliphatic imine (C=N–C) groups is 1. The van der Waals surface area contributed by atoms with Crippen LogP contribution >= 0.6 is 11.8 Å². The quantitative estimate of drug-likeness (QED) is 0.804. The van der Waals surface area contributed by atoms with Gasteiger partial charge in [-0.05, 0) is 28.1 Å². The zero-order valence-electron chi connectivity index (χ0n) is 11.5. The van der Waals surface area contributed by atoms with Crippen LogP contribution in [0, 0.1) is 0 Å². The van der Waals surface area contributed by atoms with Gasteiger partial charge < -0.3 is 0 Å². The summed E-state index contributed by atoms with van der Waals surface area (Å²) in [5, 5.41) is 14.9. The molecule has 0 fully saturated rings. The fraction of sp³-hybridized carbons (Fsp3) is 0.133. The summed E-state index contributed by atoms with van der Waals surface area (Å²) in [5.41, 5.74) is 3.10. The van der Waals surface area contributed by atoms with Crippen molar-refractivity contribution in [3.63, 3.8) is 0 Å². The van der Waals surface area contributed by atoms with Crippen molar-refractivity contribution in [2.45, 2.75) is 6.04 Å². The molecule has 3 aromatic rings. The van der Waals surface area contributed by atoms with E-state index in [1.807, 2.05) is 30.3 Å². The van der Waals surface area contributed by atoms with Gasteiger partial charge in [0.25, 0.3) is 0 Å². The Hall–Kier alpha value is -2.54. The maximum Gasteiger partial charge on any atom is 0.179 e. The summed E-state index contributed by atoms with van der Waals surface area (Å²) in [5.74, 6) is 1.61. The van der Waals surface area contributed by atoms with Crippen molar-refractivity contribution in [2.24, 2.45) is 4.99 Å². The number of nitrogens with one attached hydrogen (secondary N) is 1. The largest absolute Gasteiger partial charge is 0.267 e. The number of H-pyrrole nitrogens is 1. The molecule has 1 atom stereocenters. The number of thioether (sulfide) groups is 1. The predicted octanol–water partition coefficient (Wildman–Crippen LogP) is 2.50. The van der Waals surface area contributed by atoms with Crippen molar-refractivity contribution in [3.05, 3.63) is 59.9 Å². The van der Waals surface area contributed by atoms with E-state index in [0.29, 0.717) is 5.82 Å². The molecule has 0 radical (unpaired) electrons. The number of benzene rings is 1. The first-order chi connectivity index (χ1) is 10.9. The summed E-state index contributed by atoms with van der Waals surface area (Å²) in [4.78, 5) is 9.15. The number of hydrogen-bond donors (Lipinski definition) is 1. The molecule has 1 N–H and O–H groups in total. The van der Waals surface area contributed by atoms with Crippen LogP contribution in [0.2, 0.25) is 0 Å². The minimum absolute atomic E-state index is 0.170. The van der Waals surface area contributed by atoms with E-state index in [9.17, 15) is 0 Å². The second-order valence-corrected chi connectivity index (χ2v) is 5.86. The van der Waals surface area contributed by atoms with Crippen LogP contribution < -0.4 is 0 Å². The number of hydrogen-bond acceptors (Lipinski definition) is 6. The second-order valence-electron chi connectivity index (χ2n) is 4.85. The molecule has 108 valence electrons. The van der Waals surface area contributed by atoms with Crippen LogP contribution in [0.15, 0.2) is 53.7 Å². The van der Waals surface area contributed by atoms with Crippen molar-refractivity contribution >= 4 is 16.8 Å². The van der Waals surface area contributed by atoms with E-state index in [0.717, 1.165) is 22.1 Å². The van der Waals surface area contributed by atoms with Gasteiger partial charge in [-0.2, -0.15) is 0 Å². The van der Waals surface area contributed by atoms with Crippen molar-refractivity contribution in [2.75, 3.05) is 5.75 Å². The molecule has 1 aliphatic heterocycles. The molecule has 1 aliphatic rings. The summed E-state index contributed by atoms with van der Waals surface area (Å²) in [6.07, 6.45) is 1.80. The van der Waals surface area contributed by atoms with Crippen LogP contribution in [0.1, 0.15) is 17.3 Å². The summed E-state index contributed by atoms with van der Waals surface area (Å²) in [6, 6.07) is 14.2. The third-order valence-corrected chi connectivity index (χ3v) is 4.52. The van der Waals surface area contributed by atoms with Gasteiger partial charge in [0, 0.05) is 17.5 Å². The third kappa shape index (κ3) is 2.50. The third-order valence-electron chi connectivity index (χ3n) is 3.45. The van der Waals surface area contributed by atoms with Crippen molar-refractivity contribution < 1.29 is 0 Å². The first kappa shape index (κ1) is 13.1. The number of rotatable bonds is 3. The monoisotopic (exact) mass is 308 g/mol. The SMILES string of the molecule is c1ccc(C2=NC(c3ccc(-c4nnn[nH]4)cc3)CS2)nc1. The van der Waals surface area contributed by atoms with E-state index in [1.165, 1.54) is 5.56 Å². The Morgan fingerprint density at radius 2 is 2.00 bits per heavy atom. The first-order valence-electron chi connectivity index (χ1n) is 6.86. The molecule has 0 bridgehead atoms. The van der Waals surface area contributed by atoms with E-state index in [2.05, 4.69) is 37.7 Å². The van der Waals surface area contributed by atoms with Crippen LogP contribution in [0.3, 0.4) is 0 Å². The number of aromatic amines is 1. The van der Waals surface area contributed by atoms with Crippen molar-refractivity contribution in [1.29, 1.82) is 0 Å². The van der Waals surface area contributed by atoms with Gasteiger partial charge in [0.05, 0.1) is 11.7 Å². The molecule has 0 spiro atoms. The van der Waals surface area contributed by atoms with E-state index in [-0.39, 0.29) is 6.04 Å². The highest BCUT2D eigenvalue weighted by Crippen LogP contribution is 2.33. The molecule has 0 amide bonds. The standard InChI is InChI=1S/C15H12N6S/c1-2-8-16-12(3-1)15-17-13(9-22-15)10-4-6-11(7-5-10)14-18-20-21-19-14/h1-8,13H,9H2,(H,18,19,20,21). The Labute approximate surface area is 131 Å². The molecular weight excluding hydrogens is 296 g/mol. The molecule has 3 heterocycles. The molecular formula is C15H12N6S. The Balaban J connectivity index is 1.57. The van der Waals surface area contributed by atoms with E-state index < -0.39 is 0 Å². The average Bonchev–Trinajstić information content (AvgIpc) is 3.28. The highest BCUT2D eigenvalue weighted by molar-refractivity contribution is 8.14. The van der Waals surface area contributed by atoms with E-state index in [1.54, 1.807) is 18.0 Å². The molecule has 2 aromatic heterocycles. The van der Waals surface area contributed by atoms with Gasteiger partial charge in [-0.15, -0.1) is 16.9 Å². The molecule has 1 aromatic carbocycles. The summed E-state index contributed by atoms with van der Waals surface area (Å²) in [7, 11) is 0. The van der Waals surface area contributed by atoms with Crippen LogP contribution in [-0.2, 0) is 0 Å². The van der Waals surface area contributed by atoms with Gasteiger partial charge in [-0.3, -0.25) is 9.98 Å². The number of nitrogens with zero attached hydrogens (tertiary/aromatic N) is 5. The van der Waals surface area contributed by atoms with E-state index in [4.69, 9.17) is 4.99 Å². The highest BCUT2D eigenvalue weighted by atomic mass is 32.2. The van der Waals surface area contributed by atoms with Crippen LogP contribution in [-0.4, -0.2) is 36.4 Å². The zero-order valence-corrected chi connectivity index (χ0v) is 12.4. The minimum atomic E-state index is 0.170. The Bertz CT molecular complexity index is 783. The first-order valence-corrected chi connectivity index (χ1v) is 7.85. The van der Waals surface area contributed by atoms with Crippen LogP contribution in [0.4, 0.5) is 0 Å². The lowest BCUT2D eigenvalue weighted by Crippen LogP contribution is -1.95. The smallest absolute Gasteiger partial charge is 0.179 e. The Morgan fingerprint density at radius 3 is 2.73 bits per heavy atom. The Kier molecular flexibility index (Phi) is 3.40. The summed E-state index contributed by atoms with van der Waals surface area (Å²) in [6.45, 7) is 0. The van der Waals surface area contributed by atoms with Gasteiger partial charge in [-0.25, -0.2) is 5.10 Å². The highest BCUT2D eigenvalue weighted by Gasteiger charge is 2.21. The summed E-state index contributed by atoms with van der Waals surface area (Å²) < 4.78 is 0. The number of pyridine rings is 1. The second kappa shape index (κ2) is 5.69. The lowest BCUT2D eigenvalue weighted by atomic mass is 10.1. The number of tetrazole rings is 1.